The van der Waals surface area contributed by atoms with Crippen LogP contribution in [0.1, 0.15) is 13.3 Å². The molecule has 0 spiro atoms. The maximum absolute atomic E-state index is 9.98. The zero-order chi connectivity index (χ0) is 5.86. The molecule has 1 radical (unpaired) electrons. The molecular weight excluding hydrogens is 132 g/mol. The van der Waals surface area contributed by atoms with Gasteiger partial charge in [-0.25, -0.2) is 0 Å². The second kappa shape index (κ2) is 3.22. The van der Waals surface area contributed by atoms with Gasteiger partial charge in [-0.3, -0.25) is 4.79 Å². The second-order valence-electron chi connectivity index (χ2n) is 1.36. The van der Waals surface area contributed by atoms with Crippen molar-refractivity contribution >= 4 is 29.3 Å². The Bertz CT molecular complexity index is 72.1. The maximum Gasteiger partial charge on any atom is 0.220 e. The van der Waals surface area contributed by atoms with Gasteiger partial charge in [0.2, 0.25) is 5.12 Å². The Morgan fingerprint density at radius 3 is 2.43 bits per heavy atom. The fraction of sp³-hybridized carbons (Fsp3) is 0.750. The van der Waals surface area contributed by atoms with Gasteiger partial charge in [0.1, 0.15) is 0 Å². The normalized spacial score (nSPS) is 13.4. The summed E-state index contributed by atoms with van der Waals surface area (Å²) < 4.78 is 0. The summed E-state index contributed by atoms with van der Waals surface area (Å²) in [4.78, 5) is 9.98. The van der Waals surface area contributed by atoms with Crippen molar-refractivity contribution in [3.8, 4) is 0 Å². The minimum absolute atomic E-state index is 0.106. The first-order chi connectivity index (χ1) is 3.13. The van der Waals surface area contributed by atoms with Crippen LogP contribution in [0.15, 0.2) is 0 Å². The predicted octanol–water partition coefficient (Wildman–Crippen LogP) is 1.73. The Morgan fingerprint density at radius 1 is 2.00 bits per heavy atom. The molecule has 0 saturated carbocycles. The summed E-state index contributed by atoms with van der Waals surface area (Å²) in [7, 11) is 0. The van der Waals surface area contributed by atoms with Crippen LogP contribution in [0, 0.1) is 0 Å². The van der Waals surface area contributed by atoms with Crippen LogP contribution in [0.25, 0.3) is 0 Å². The zero-order valence-corrected chi connectivity index (χ0v) is 5.55. The van der Waals surface area contributed by atoms with Gasteiger partial charge < -0.3 is 0 Å². The van der Waals surface area contributed by atoms with E-state index in [0.717, 1.165) is 0 Å². The van der Waals surface area contributed by atoms with Crippen molar-refractivity contribution in [2.24, 2.45) is 0 Å². The summed E-state index contributed by atoms with van der Waals surface area (Å²) in [6.45, 7) is 1.74. The average molecular weight is 138 g/mol. The molecule has 0 aromatic heterocycles. The summed E-state index contributed by atoms with van der Waals surface area (Å²) in [5.41, 5.74) is 0. The molecule has 0 aliphatic heterocycles. The van der Waals surface area contributed by atoms with E-state index in [1.165, 1.54) is 0 Å². The van der Waals surface area contributed by atoms with Crippen molar-refractivity contribution in [1.29, 1.82) is 0 Å². The summed E-state index contributed by atoms with van der Waals surface area (Å²) in [6, 6.07) is 0. The average Bonchev–Trinajstić information content (AvgIpc) is 1.27. The lowest BCUT2D eigenvalue weighted by Gasteiger charge is -1.91. The highest BCUT2D eigenvalue weighted by molar-refractivity contribution is 7.96. The van der Waals surface area contributed by atoms with Gasteiger partial charge in [0.25, 0.3) is 0 Å². The van der Waals surface area contributed by atoms with Gasteiger partial charge in [-0.1, -0.05) is 0 Å². The van der Waals surface area contributed by atoms with Crippen LogP contribution in [0.2, 0.25) is 0 Å². The SMILES string of the molecule is CC(Cl)CC(=O)[S]. The quantitative estimate of drug-likeness (QED) is 0.530. The standard InChI is InChI=1S/C4H6ClOS/c1-3(5)2-4(6)7/h3H,2H2,1H3. The minimum Gasteiger partial charge on any atom is -0.282 e. The van der Waals surface area contributed by atoms with E-state index in [1.807, 2.05) is 0 Å². The second-order valence-corrected chi connectivity index (χ2v) is 2.56. The van der Waals surface area contributed by atoms with Crippen LogP contribution >= 0.6 is 24.2 Å². The molecule has 0 saturated heterocycles. The van der Waals surface area contributed by atoms with Gasteiger partial charge in [-0.15, -0.1) is 11.6 Å². The lowest BCUT2D eigenvalue weighted by Crippen LogP contribution is -1.95. The number of hydrogen-bond acceptors (Lipinski definition) is 1. The largest absolute Gasteiger partial charge is 0.282 e. The van der Waals surface area contributed by atoms with Crippen molar-refractivity contribution in [2.45, 2.75) is 18.7 Å². The lowest BCUT2D eigenvalue weighted by molar-refractivity contribution is -0.110. The maximum atomic E-state index is 9.98. The molecule has 1 atom stereocenters. The van der Waals surface area contributed by atoms with Crippen LogP contribution in [-0.2, 0) is 4.79 Å². The van der Waals surface area contributed by atoms with Gasteiger partial charge in [-0.2, -0.15) is 0 Å². The molecule has 0 N–H and O–H groups in total. The Hall–Kier alpha value is 0.180. The fourth-order valence-electron chi connectivity index (χ4n) is 0.230. The molecule has 0 rings (SSSR count). The highest BCUT2D eigenvalue weighted by atomic mass is 35.5. The van der Waals surface area contributed by atoms with E-state index in [9.17, 15) is 4.79 Å². The van der Waals surface area contributed by atoms with E-state index >= 15 is 0 Å². The highest BCUT2D eigenvalue weighted by Gasteiger charge is 1.99. The van der Waals surface area contributed by atoms with E-state index in [2.05, 4.69) is 12.6 Å². The first-order valence-electron chi connectivity index (χ1n) is 1.97. The zero-order valence-electron chi connectivity index (χ0n) is 3.98. The van der Waals surface area contributed by atoms with E-state index in [-0.39, 0.29) is 10.5 Å². The Morgan fingerprint density at radius 2 is 2.43 bits per heavy atom. The molecule has 0 aromatic rings. The van der Waals surface area contributed by atoms with Crippen molar-refractivity contribution < 1.29 is 4.79 Å². The van der Waals surface area contributed by atoms with Crippen LogP contribution in [0.5, 0.6) is 0 Å². The highest BCUT2D eigenvalue weighted by Crippen LogP contribution is 2.01. The number of carbonyl (C=O) groups excluding carboxylic acids is 1. The molecule has 41 valence electrons. The van der Waals surface area contributed by atoms with E-state index in [1.54, 1.807) is 6.92 Å². The number of halogens is 1. The Balaban J connectivity index is 3.13. The number of alkyl halides is 1. The van der Waals surface area contributed by atoms with Gasteiger partial charge in [-0.05, 0) is 19.6 Å². The van der Waals surface area contributed by atoms with Crippen molar-refractivity contribution in [2.75, 3.05) is 0 Å². The van der Waals surface area contributed by atoms with E-state index in [4.69, 9.17) is 11.6 Å². The van der Waals surface area contributed by atoms with Crippen molar-refractivity contribution in [3.05, 3.63) is 0 Å². The first kappa shape index (κ1) is 7.18. The van der Waals surface area contributed by atoms with Gasteiger partial charge in [0.15, 0.2) is 0 Å². The van der Waals surface area contributed by atoms with Gasteiger partial charge in [0, 0.05) is 11.8 Å². The third-order valence-electron chi connectivity index (χ3n) is 0.448. The summed E-state index contributed by atoms with van der Waals surface area (Å²) >= 11 is 9.62. The Labute approximate surface area is 53.5 Å². The smallest absolute Gasteiger partial charge is 0.220 e. The number of rotatable bonds is 2. The monoisotopic (exact) mass is 137 g/mol. The van der Waals surface area contributed by atoms with Crippen LogP contribution < -0.4 is 0 Å². The fourth-order valence-corrected chi connectivity index (χ4v) is 0.711. The van der Waals surface area contributed by atoms with E-state index in [0.29, 0.717) is 6.42 Å². The molecule has 0 aromatic carbocycles. The molecule has 0 heterocycles. The Kier molecular flexibility index (Phi) is 3.30. The van der Waals surface area contributed by atoms with Crippen LogP contribution in [0.3, 0.4) is 0 Å². The molecule has 0 aliphatic rings. The molecule has 0 fully saturated rings. The molecule has 3 heteroatoms. The lowest BCUT2D eigenvalue weighted by atomic mass is 10.4. The molecule has 0 aliphatic carbocycles. The summed E-state index contributed by atoms with van der Waals surface area (Å²) in [5, 5.41) is -0.368. The number of hydrogen-bond donors (Lipinski definition) is 0. The van der Waals surface area contributed by atoms with Gasteiger partial charge in [0.05, 0.1) is 0 Å². The summed E-state index contributed by atoms with van der Waals surface area (Å²) in [6.07, 6.45) is 0.302. The first-order valence-corrected chi connectivity index (χ1v) is 2.81. The van der Waals surface area contributed by atoms with Crippen molar-refractivity contribution in [1.82, 2.24) is 0 Å². The molecule has 0 amide bonds. The van der Waals surface area contributed by atoms with E-state index < -0.39 is 0 Å². The van der Waals surface area contributed by atoms with Crippen LogP contribution in [-0.4, -0.2) is 10.5 Å². The molecular formula is C4H6ClOS. The molecule has 7 heavy (non-hydrogen) atoms. The van der Waals surface area contributed by atoms with Gasteiger partial charge >= 0.3 is 0 Å². The topological polar surface area (TPSA) is 17.1 Å². The third-order valence-corrected chi connectivity index (χ3v) is 0.769. The summed E-state index contributed by atoms with van der Waals surface area (Å²) in [5.74, 6) is 0. The third kappa shape index (κ3) is 6.18. The van der Waals surface area contributed by atoms with Crippen molar-refractivity contribution in [3.63, 3.8) is 0 Å². The number of carbonyl (C=O) groups is 1. The molecule has 0 bridgehead atoms. The van der Waals surface area contributed by atoms with Crippen LogP contribution in [0.4, 0.5) is 0 Å². The molecule has 1 unspecified atom stereocenters. The predicted molar refractivity (Wildman–Crippen MR) is 32.5 cm³/mol. The minimum atomic E-state index is -0.262. The molecule has 1 nitrogen and oxygen atoms in total.